The van der Waals surface area contributed by atoms with Gasteiger partial charge in [-0.2, -0.15) is 0 Å². The van der Waals surface area contributed by atoms with Crippen molar-refractivity contribution in [3.8, 4) is 17.2 Å². The van der Waals surface area contributed by atoms with Crippen molar-refractivity contribution in [3.05, 3.63) is 87.4 Å². The molecule has 1 saturated heterocycles. The monoisotopic (exact) mass is 527 g/mol. The van der Waals surface area contributed by atoms with E-state index in [-0.39, 0.29) is 21.9 Å². The number of amides is 1. The van der Waals surface area contributed by atoms with Crippen LogP contribution < -0.4 is 19.1 Å². The van der Waals surface area contributed by atoms with Crippen LogP contribution in [0.1, 0.15) is 24.1 Å². The average molecular weight is 528 g/mol. The first-order chi connectivity index (χ1) is 17.3. The van der Waals surface area contributed by atoms with Crippen LogP contribution in [0.3, 0.4) is 0 Å². The minimum Gasteiger partial charge on any atom is -0.507 e. The van der Waals surface area contributed by atoms with Crippen molar-refractivity contribution in [2.75, 3.05) is 25.7 Å². The molecule has 0 bridgehead atoms. The van der Waals surface area contributed by atoms with Gasteiger partial charge in [-0.25, -0.2) is 0 Å². The summed E-state index contributed by atoms with van der Waals surface area (Å²) in [6.45, 7) is 2.21. The fraction of sp³-hybridized carbons (Fsp3) is 0.185. The van der Waals surface area contributed by atoms with Crippen molar-refractivity contribution in [2.45, 2.75) is 13.0 Å². The van der Waals surface area contributed by atoms with Crippen LogP contribution in [0, 0.1) is 0 Å². The summed E-state index contributed by atoms with van der Waals surface area (Å²) >= 11 is 12.2. The van der Waals surface area contributed by atoms with E-state index in [4.69, 9.17) is 37.4 Å². The zero-order valence-corrected chi connectivity index (χ0v) is 21.3. The number of rotatable bonds is 7. The third-order valence-corrected chi connectivity index (χ3v) is 6.53. The molecular weight excluding hydrogens is 505 g/mol. The fourth-order valence-electron chi connectivity index (χ4n) is 4.09. The number of aliphatic hydroxyl groups is 1. The van der Waals surface area contributed by atoms with Crippen molar-refractivity contribution >= 4 is 46.3 Å². The van der Waals surface area contributed by atoms with Gasteiger partial charge in [-0.1, -0.05) is 29.3 Å². The third-order valence-electron chi connectivity index (χ3n) is 5.79. The lowest BCUT2D eigenvalue weighted by molar-refractivity contribution is -0.132. The van der Waals surface area contributed by atoms with Crippen molar-refractivity contribution in [1.29, 1.82) is 0 Å². The second kappa shape index (κ2) is 10.5. The molecule has 0 radical (unpaired) electrons. The molecule has 1 aliphatic rings. The molecule has 0 aliphatic carbocycles. The molecule has 1 fully saturated rings. The predicted octanol–water partition coefficient (Wildman–Crippen LogP) is 6.04. The molecule has 0 spiro atoms. The van der Waals surface area contributed by atoms with Gasteiger partial charge in [0.2, 0.25) is 0 Å². The highest BCUT2D eigenvalue weighted by Gasteiger charge is 2.47. The number of benzene rings is 3. The first kappa shape index (κ1) is 25.4. The van der Waals surface area contributed by atoms with Gasteiger partial charge in [-0.15, -0.1) is 0 Å². The van der Waals surface area contributed by atoms with E-state index in [2.05, 4.69) is 0 Å². The lowest BCUT2D eigenvalue weighted by Crippen LogP contribution is -2.29. The van der Waals surface area contributed by atoms with Gasteiger partial charge in [0, 0.05) is 11.3 Å². The molecule has 3 aromatic rings. The summed E-state index contributed by atoms with van der Waals surface area (Å²) in [7, 11) is 3.05. The van der Waals surface area contributed by atoms with Crippen molar-refractivity contribution < 1.29 is 28.9 Å². The van der Waals surface area contributed by atoms with Gasteiger partial charge in [0.25, 0.3) is 11.7 Å². The Morgan fingerprint density at radius 1 is 0.917 bits per heavy atom. The second-order valence-electron chi connectivity index (χ2n) is 7.84. The molecule has 1 unspecified atom stereocenters. The summed E-state index contributed by atoms with van der Waals surface area (Å²) in [5.74, 6) is -0.486. The van der Waals surface area contributed by atoms with Crippen LogP contribution in [0.4, 0.5) is 5.69 Å². The molecule has 4 rings (SSSR count). The number of carbonyl (C=O) groups is 2. The van der Waals surface area contributed by atoms with Crippen LogP contribution in [0.2, 0.25) is 10.0 Å². The highest BCUT2D eigenvalue weighted by molar-refractivity contribution is 6.51. The molecule has 0 aromatic heterocycles. The highest BCUT2D eigenvalue weighted by atomic mass is 35.5. The van der Waals surface area contributed by atoms with E-state index in [9.17, 15) is 14.7 Å². The number of ether oxygens (including phenoxy) is 3. The van der Waals surface area contributed by atoms with Crippen molar-refractivity contribution in [1.82, 2.24) is 0 Å². The Morgan fingerprint density at radius 3 is 2.25 bits per heavy atom. The SMILES string of the molecule is CCOc1cc(C2/C(=C(/O)c3ccc(Cl)c(Cl)c3)C(=O)C(=O)N2c2ccc(OC)cc2)ccc1OC. The molecule has 1 aliphatic heterocycles. The first-order valence-electron chi connectivity index (χ1n) is 11.0. The number of Topliss-reactive ketones (excluding diaryl/α,β-unsaturated/α-hetero) is 1. The zero-order chi connectivity index (χ0) is 26.0. The number of methoxy groups -OCH3 is 2. The van der Waals surface area contributed by atoms with Crippen LogP contribution in [-0.2, 0) is 9.59 Å². The maximum absolute atomic E-state index is 13.3. The molecule has 9 heteroatoms. The van der Waals surface area contributed by atoms with E-state index in [0.717, 1.165) is 0 Å². The zero-order valence-electron chi connectivity index (χ0n) is 19.7. The van der Waals surface area contributed by atoms with Gasteiger partial charge in [0.05, 0.1) is 42.5 Å². The molecule has 36 heavy (non-hydrogen) atoms. The average Bonchev–Trinajstić information content (AvgIpc) is 3.15. The number of aliphatic hydroxyl groups excluding tert-OH is 1. The summed E-state index contributed by atoms with van der Waals surface area (Å²) in [6, 6.07) is 15.3. The molecule has 1 amide bonds. The highest BCUT2D eigenvalue weighted by Crippen LogP contribution is 2.44. The Balaban J connectivity index is 1.95. The van der Waals surface area contributed by atoms with Crippen molar-refractivity contribution in [3.63, 3.8) is 0 Å². The van der Waals surface area contributed by atoms with Crippen LogP contribution >= 0.6 is 23.2 Å². The maximum Gasteiger partial charge on any atom is 0.300 e. The standard InChI is InChI=1S/C27H23Cl2NO6/c1-4-36-22-14-15(6-12-21(22)35-3)24-23(25(31)16-5-11-19(28)20(29)13-16)26(32)27(33)30(24)17-7-9-18(34-2)10-8-17/h5-14,24,31H,4H2,1-3H3/b25-23-. The first-order valence-corrected chi connectivity index (χ1v) is 11.8. The molecule has 0 saturated carbocycles. The molecule has 186 valence electrons. The predicted molar refractivity (Wildman–Crippen MR) is 138 cm³/mol. The van der Waals surface area contributed by atoms with E-state index in [1.54, 1.807) is 42.5 Å². The topological polar surface area (TPSA) is 85.3 Å². The quantitative estimate of drug-likeness (QED) is 0.229. The normalized spacial score (nSPS) is 16.8. The van der Waals surface area contributed by atoms with Gasteiger partial charge in [-0.3, -0.25) is 14.5 Å². The van der Waals surface area contributed by atoms with Crippen LogP contribution in [-0.4, -0.2) is 37.6 Å². The Bertz CT molecular complexity index is 1350. The van der Waals surface area contributed by atoms with Crippen LogP contribution in [0.5, 0.6) is 17.2 Å². The van der Waals surface area contributed by atoms with E-state index in [1.165, 1.54) is 37.3 Å². The second-order valence-corrected chi connectivity index (χ2v) is 8.65. The van der Waals surface area contributed by atoms with Crippen molar-refractivity contribution in [2.24, 2.45) is 0 Å². The lowest BCUT2D eigenvalue weighted by atomic mass is 9.94. The third kappa shape index (κ3) is 4.59. The van der Waals surface area contributed by atoms with E-state index < -0.39 is 17.7 Å². The number of hydrogen-bond donors (Lipinski definition) is 1. The fourth-order valence-corrected chi connectivity index (χ4v) is 4.39. The van der Waals surface area contributed by atoms with Gasteiger partial charge in [-0.05, 0) is 67.1 Å². The Labute approximate surface area is 218 Å². The van der Waals surface area contributed by atoms with Crippen LogP contribution in [0.25, 0.3) is 5.76 Å². The lowest BCUT2D eigenvalue weighted by Gasteiger charge is -2.26. The van der Waals surface area contributed by atoms with Gasteiger partial charge in [0.15, 0.2) is 11.5 Å². The summed E-state index contributed by atoms with van der Waals surface area (Å²) in [5, 5.41) is 11.8. The Morgan fingerprint density at radius 2 is 1.64 bits per heavy atom. The Kier molecular flexibility index (Phi) is 7.43. The number of hydrogen-bond acceptors (Lipinski definition) is 6. The number of ketones is 1. The number of anilines is 1. The largest absolute Gasteiger partial charge is 0.507 e. The molecule has 1 N–H and O–H groups in total. The summed E-state index contributed by atoms with van der Waals surface area (Å²) in [5.41, 5.74) is 1.14. The summed E-state index contributed by atoms with van der Waals surface area (Å²) in [6.07, 6.45) is 0. The molecule has 7 nitrogen and oxygen atoms in total. The smallest absolute Gasteiger partial charge is 0.300 e. The summed E-state index contributed by atoms with van der Waals surface area (Å²) in [4.78, 5) is 28.0. The molecular formula is C27H23Cl2NO6. The number of nitrogens with zero attached hydrogens (tertiary/aromatic N) is 1. The number of halogens is 2. The molecule has 1 atom stereocenters. The minimum atomic E-state index is -0.960. The van der Waals surface area contributed by atoms with E-state index in [1.807, 2.05) is 6.92 Å². The Hall–Kier alpha value is -3.68. The molecule has 3 aromatic carbocycles. The number of carbonyl (C=O) groups excluding carboxylic acids is 2. The van der Waals surface area contributed by atoms with Crippen LogP contribution in [0.15, 0.2) is 66.2 Å². The summed E-state index contributed by atoms with van der Waals surface area (Å²) < 4.78 is 16.3. The van der Waals surface area contributed by atoms with E-state index in [0.29, 0.717) is 40.1 Å². The molecule has 1 heterocycles. The van der Waals surface area contributed by atoms with Gasteiger partial charge >= 0.3 is 0 Å². The van der Waals surface area contributed by atoms with E-state index >= 15 is 0 Å². The van der Waals surface area contributed by atoms with Gasteiger partial charge in [0.1, 0.15) is 11.5 Å². The maximum atomic E-state index is 13.3. The van der Waals surface area contributed by atoms with Gasteiger partial charge < -0.3 is 19.3 Å². The minimum absolute atomic E-state index is 0.0955.